The number of nitrogens with zero attached hydrogens (tertiary/aromatic N) is 1. The number of anilines is 1. The number of halogens is 1. The largest absolute Gasteiger partial charge is 0.381 e. The monoisotopic (exact) mass is 311 g/mol. The number of rotatable bonds is 3. The summed E-state index contributed by atoms with van der Waals surface area (Å²) in [5.41, 5.74) is 7.46. The number of hydrogen-bond donors (Lipinski definition) is 2. The number of carbonyl (C=O) groups is 1. The van der Waals surface area contributed by atoms with E-state index in [2.05, 4.69) is 5.32 Å². The molecule has 0 saturated carbocycles. The molecule has 0 radical (unpaired) electrons. The molecular formula is C15H22ClN3O2. The summed E-state index contributed by atoms with van der Waals surface area (Å²) >= 11 is 6.08. The Balaban J connectivity index is 2.03. The first-order valence-electron chi connectivity index (χ1n) is 7.11. The van der Waals surface area contributed by atoms with Gasteiger partial charge in [0, 0.05) is 37.0 Å². The van der Waals surface area contributed by atoms with Gasteiger partial charge in [0.2, 0.25) is 0 Å². The molecule has 1 heterocycles. The van der Waals surface area contributed by atoms with E-state index in [4.69, 9.17) is 22.1 Å². The van der Waals surface area contributed by atoms with Crippen molar-refractivity contribution >= 4 is 23.3 Å². The minimum absolute atomic E-state index is 0.00428. The molecule has 21 heavy (non-hydrogen) atoms. The summed E-state index contributed by atoms with van der Waals surface area (Å²) in [4.78, 5) is 14.2. The first kappa shape index (κ1) is 16.1. The molecular weight excluding hydrogens is 290 g/mol. The van der Waals surface area contributed by atoms with E-state index in [-0.39, 0.29) is 18.2 Å². The minimum atomic E-state index is -0.139. The van der Waals surface area contributed by atoms with Crippen LogP contribution in [0.5, 0.6) is 0 Å². The molecule has 2 unspecified atom stereocenters. The van der Waals surface area contributed by atoms with Crippen LogP contribution in [0.4, 0.5) is 10.5 Å². The van der Waals surface area contributed by atoms with E-state index >= 15 is 0 Å². The predicted molar refractivity (Wildman–Crippen MR) is 84.8 cm³/mol. The molecule has 1 aromatic rings. The fourth-order valence-electron chi connectivity index (χ4n) is 2.59. The summed E-state index contributed by atoms with van der Waals surface area (Å²) in [7, 11) is 1.70. The number of methoxy groups -OCH3 is 1. The number of nitrogens with one attached hydrogen (secondary N) is 1. The van der Waals surface area contributed by atoms with Gasteiger partial charge in [0.1, 0.15) is 0 Å². The first-order chi connectivity index (χ1) is 10.0. The quantitative estimate of drug-likeness (QED) is 0.901. The van der Waals surface area contributed by atoms with Gasteiger partial charge in [-0.15, -0.1) is 0 Å². The number of aryl methyl sites for hydroxylation is 1. The Morgan fingerprint density at radius 1 is 1.57 bits per heavy atom. The smallest absolute Gasteiger partial charge is 0.322 e. The van der Waals surface area contributed by atoms with E-state index in [0.717, 1.165) is 18.4 Å². The molecule has 1 saturated heterocycles. The molecule has 2 amide bonds. The average Bonchev–Trinajstić information content (AvgIpc) is 2.50. The van der Waals surface area contributed by atoms with Crippen LogP contribution in [-0.4, -0.2) is 43.3 Å². The molecule has 3 N–H and O–H groups in total. The van der Waals surface area contributed by atoms with Gasteiger partial charge in [-0.3, -0.25) is 0 Å². The molecule has 2 rings (SSSR count). The molecule has 5 nitrogen and oxygen atoms in total. The third-order valence-corrected chi connectivity index (χ3v) is 4.36. The van der Waals surface area contributed by atoms with E-state index in [1.54, 1.807) is 18.1 Å². The zero-order valence-electron chi connectivity index (χ0n) is 12.4. The first-order valence-corrected chi connectivity index (χ1v) is 7.49. The van der Waals surface area contributed by atoms with Gasteiger partial charge in [-0.25, -0.2) is 4.79 Å². The van der Waals surface area contributed by atoms with Crippen LogP contribution in [0.15, 0.2) is 18.2 Å². The van der Waals surface area contributed by atoms with Crippen LogP contribution < -0.4 is 11.1 Å². The Morgan fingerprint density at radius 2 is 2.33 bits per heavy atom. The molecule has 1 aliphatic rings. The van der Waals surface area contributed by atoms with Gasteiger partial charge in [-0.2, -0.15) is 0 Å². The number of benzene rings is 1. The molecule has 0 aromatic heterocycles. The van der Waals surface area contributed by atoms with Crippen molar-refractivity contribution < 1.29 is 9.53 Å². The summed E-state index contributed by atoms with van der Waals surface area (Å²) in [6.07, 6.45) is 1.78. The number of ether oxygens (including phenoxy) is 1. The summed E-state index contributed by atoms with van der Waals surface area (Å²) in [6, 6.07) is 5.35. The number of amides is 2. The predicted octanol–water partition coefficient (Wildman–Crippen LogP) is 2.62. The highest BCUT2D eigenvalue weighted by molar-refractivity contribution is 6.31. The lowest BCUT2D eigenvalue weighted by atomic mass is 10.00. The van der Waals surface area contributed by atoms with E-state index in [0.29, 0.717) is 23.8 Å². The van der Waals surface area contributed by atoms with Gasteiger partial charge in [0.15, 0.2) is 0 Å². The Bertz CT molecular complexity index is 510. The van der Waals surface area contributed by atoms with E-state index < -0.39 is 0 Å². The van der Waals surface area contributed by atoms with Gasteiger partial charge in [0.05, 0.1) is 6.10 Å². The van der Waals surface area contributed by atoms with Crippen molar-refractivity contribution in [1.82, 2.24) is 4.90 Å². The maximum Gasteiger partial charge on any atom is 0.322 e. The molecule has 2 atom stereocenters. The van der Waals surface area contributed by atoms with E-state index in [1.807, 2.05) is 19.1 Å². The number of carbonyl (C=O) groups excluding carboxylic acids is 1. The topological polar surface area (TPSA) is 67.6 Å². The Kier molecular flexibility index (Phi) is 5.45. The van der Waals surface area contributed by atoms with Crippen LogP contribution in [0.3, 0.4) is 0 Å². The van der Waals surface area contributed by atoms with Crippen molar-refractivity contribution in [3.05, 3.63) is 28.8 Å². The number of urea groups is 1. The van der Waals surface area contributed by atoms with Crippen LogP contribution in [0.2, 0.25) is 5.02 Å². The van der Waals surface area contributed by atoms with Crippen LogP contribution in [0, 0.1) is 6.92 Å². The Hall–Kier alpha value is -1.30. The lowest BCUT2D eigenvalue weighted by Crippen LogP contribution is -2.52. The summed E-state index contributed by atoms with van der Waals surface area (Å²) < 4.78 is 5.37. The lowest BCUT2D eigenvalue weighted by molar-refractivity contribution is 0.0292. The van der Waals surface area contributed by atoms with E-state index in [1.165, 1.54) is 0 Å². The average molecular weight is 312 g/mol. The third kappa shape index (κ3) is 3.87. The van der Waals surface area contributed by atoms with Crippen LogP contribution in [0.1, 0.15) is 18.4 Å². The second kappa shape index (κ2) is 7.11. The molecule has 0 aliphatic carbocycles. The van der Waals surface area contributed by atoms with Gasteiger partial charge in [-0.1, -0.05) is 17.7 Å². The maximum atomic E-state index is 12.4. The van der Waals surface area contributed by atoms with Crippen LogP contribution in [-0.2, 0) is 4.74 Å². The highest BCUT2D eigenvalue weighted by Gasteiger charge is 2.30. The number of hydrogen-bond acceptors (Lipinski definition) is 3. The van der Waals surface area contributed by atoms with Crippen molar-refractivity contribution in [1.29, 1.82) is 0 Å². The number of nitrogens with two attached hydrogens (primary N) is 1. The molecule has 6 heteroatoms. The molecule has 1 fully saturated rings. The van der Waals surface area contributed by atoms with Crippen molar-refractivity contribution in [2.75, 3.05) is 25.5 Å². The van der Waals surface area contributed by atoms with Gasteiger partial charge in [0.25, 0.3) is 0 Å². The lowest BCUT2D eigenvalue weighted by Gasteiger charge is -2.38. The zero-order chi connectivity index (χ0) is 15.4. The second-order valence-electron chi connectivity index (χ2n) is 5.36. The summed E-state index contributed by atoms with van der Waals surface area (Å²) in [5, 5.41) is 3.52. The number of piperidine rings is 1. The summed E-state index contributed by atoms with van der Waals surface area (Å²) in [5.74, 6) is 0. The van der Waals surface area contributed by atoms with Crippen LogP contribution in [0.25, 0.3) is 0 Å². The summed E-state index contributed by atoms with van der Waals surface area (Å²) in [6.45, 7) is 3.00. The highest BCUT2D eigenvalue weighted by Crippen LogP contribution is 2.23. The number of likely N-dealkylation sites (tertiary alicyclic amines) is 1. The molecule has 1 aliphatic heterocycles. The molecule has 116 valence electrons. The Morgan fingerprint density at radius 3 is 2.95 bits per heavy atom. The van der Waals surface area contributed by atoms with Crippen molar-refractivity contribution in [3.8, 4) is 0 Å². The minimum Gasteiger partial charge on any atom is -0.381 e. The standard InChI is InChI=1S/C15H22ClN3O2/c1-10-3-4-11(7-14(10)16)18-15(20)19-6-5-13(21-2)8-12(19)9-17/h3-4,7,12-13H,5-6,8-9,17H2,1-2H3,(H,18,20). The molecule has 0 bridgehead atoms. The maximum absolute atomic E-state index is 12.4. The van der Waals surface area contributed by atoms with Gasteiger partial charge in [-0.05, 0) is 37.5 Å². The van der Waals surface area contributed by atoms with E-state index in [9.17, 15) is 4.79 Å². The third-order valence-electron chi connectivity index (χ3n) is 3.96. The molecule has 0 spiro atoms. The fourth-order valence-corrected chi connectivity index (χ4v) is 2.77. The van der Waals surface area contributed by atoms with Crippen molar-refractivity contribution in [2.45, 2.75) is 31.9 Å². The fraction of sp³-hybridized carbons (Fsp3) is 0.533. The van der Waals surface area contributed by atoms with Gasteiger partial charge < -0.3 is 20.7 Å². The van der Waals surface area contributed by atoms with Crippen LogP contribution >= 0.6 is 11.6 Å². The Labute approximate surface area is 130 Å². The SMILES string of the molecule is COC1CCN(C(=O)Nc2ccc(C)c(Cl)c2)C(CN)C1. The second-order valence-corrected chi connectivity index (χ2v) is 5.77. The zero-order valence-corrected chi connectivity index (χ0v) is 13.2. The molecule has 1 aromatic carbocycles. The van der Waals surface area contributed by atoms with Crippen molar-refractivity contribution in [3.63, 3.8) is 0 Å². The normalized spacial score (nSPS) is 22.2. The highest BCUT2D eigenvalue weighted by atomic mass is 35.5. The van der Waals surface area contributed by atoms with Crippen molar-refractivity contribution in [2.24, 2.45) is 5.73 Å². The van der Waals surface area contributed by atoms with Gasteiger partial charge >= 0.3 is 6.03 Å².